The number of hydrogen-bond donors (Lipinski definition) is 2. The summed E-state index contributed by atoms with van der Waals surface area (Å²) in [6, 6.07) is 8.99. The summed E-state index contributed by atoms with van der Waals surface area (Å²) < 4.78 is 0. The molecule has 0 unspecified atom stereocenters. The van der Waals surface area contributed by atoms with Gasteiger partial charge in [0, 0.05) is 11.8 Å². The number of anilines is 1. The summed E-state index contributed by atoms with van der Waals surface area (Å²) in [5, 5.41) is 10.6. The van der Waals surface area contributed by atoms with E-state index in [0.29, 0.717) is 5.69 Å². The minimum atomic E-state index is -0.293. The van der Waals surface area contributed by atoms with Crippen LogP contribution in [0.5, 0.6) is 0 Å². The van der Waals surface area contributed by atoms with Gasteiger partial charge in [-0.15, -0.1) is 0 Å². The maximum Gasteiger partial charge on any atom is 0.244 e. The second kappa shape index (κ2) is 5.45. The van der Waals surface area contributed by atoms with Crippen molar-refractivity contribution in [3.63, 3.8) is 0 Å². The summed E-state index contributed by atoms with van der Waals surface area (Å²) in [5.41, 5.74) is 7.06. The highest BCUT2D eigenvalue weighted by Gasteiger charge is 1.93. The molecule has 4 nitrogen and oxygen atoms in total. The zero-order chi connectivity index (χ0) is 11.1. The predicted octanol–water partition coefficient (Wildman–Crippen LogP) is 0.922. The highest BCUT2D eigenvalue weighted by atomic mass is 16.1. The fraction of sp³-hybridized carbons (Fsp3) is 0.0909. The summed E-state index contributed by atoms with van der Waals surface area (Å²) >= 11 is 0. The molecule has 15 heavy (non-hydrogen) atoms. The molecule has 1 aromatic carbocycles. The molecule has 0 aliphatic carbocycles. The van der Waals surface area contributed by atoms with Gasteiger partial charge >= 0.3 is 0 Å². The number of benzene rings is 1. The summed E-state index contributed by atoms with van der Waals surface area (Å²) in [5.74, 6) is -0.293. The van der Waals surface area contributed by atoms with Crippen LogP contribution in [0.2, 0.25) is 0 Å². The number of nitrogens with one attached hydrogen (secondary N) is 1. The van der Waals surface area contributed by atoms with E-state index < -0.39 is 0 Å². The van der Waals surface area contributed by atoms with Crippen molar-refractivity contribution in [1.82, 2.24) is 5.32 Å². The Morgan fingerprint density at radius 1 is 1.60 bits per heavy atom. The fourth-order valence-corrected chi connectivity index (χ4v) is 1.02. The van der Waals surface area contributed by atoms with E-state index >= 15 is 0 Å². The first-order valence-electron chi connectivity index (χ1n) is 4.41. The first kappa shape index (κ1) is 10.8. The third-order valence-corrected chi connectivity index (χ3v) is 1.68. The lowest BCUT2D eigenvalue weighted by Gasteiger charge is -1.96. The molecule has 1 amide bonds. The van der Waals surface area contributed by atoms with Crippen LogP contribution in [0, 0.1) is 11.3 Å². The molecule has 0 saturated carbocycles. The van der Waals surface area contributed by atoms with Gasteiger partial charge < -0.3 is 11.1 Å². The van der Waals surface area contributed by atoms with Gasteiger partial charge in [0.1, 0.15) is 6.54 Å². The Morgan fingerprint density at radius 3 is 3.07 bits per heavy atom. The summed E-state index contributed by atoms with van der Waals surface area (Å²) in [6.07, 6.45) is 3.01. The van der Waals surface area contributed by atoms with Crippen LogP contribution in [0.1, 0.15) is 5.56 Å². The van der Waals surface area contributed by atoms with E-state index in [9.17, 15) is 4.79 Å². The Kier molecular flexibility index (Phi) is 3.92. The summed E-state index contributed by atoms with van der Waals surface area (Å²) in [4.78, 5) is 11.1. The number of nitrogen functional groups attached to an aromatic ring is 1. The second-order valence-electron chi connectivity index (χ2n) is 2.88. The summed E-state index contributed by atoms with van der Waals surface area (Å²) in [7, 11) is 0. The molecule has 0 aromatic heterocycles. The fourth-order valence-electron chi connectivity index (χ4n) is 1.02. The van der Waals surface area contributed by atoms with Crippen LogP contribution in [-0.4, -0.2) is 12.5 Å². The Bertz CT molecular complexity index is 418. The van der Waals surface area contributed by atoms with Gasteiger partial charge in [0.25, 0.3) is 0 Å². The normalized spacial score (nSPS) is 9.80. The molecule has 0 bridgehead atoms. The SMILES string of the molecule is N#CCNC(=O)/C=C/c1cccc(N)c1. The second-order valence-corrected chi connectivity index (χ2v) is 2.88. The molecule has 4 heteroatoms. The molecule has 76 valence electrons. The largest absolute Gasteiger partial charge is 0.399 e. The van der Waals surface area contributed by atoms with Gasteiger partial charge in [-0.05, 0) is 23.8 Å². The number of carbonyl (C=O) groups excluding carboxylic acids is 1. The van der Waals surface area contributed by atoms with Crippen LogP contribution in [0.4, 0.5) is 5.69 Å². The molecule has 0 radical (unpaired) electrons. The van der Waals surface area contributed by atoms with Gasteiger partial charge in [0.05, 0.1) is 6.07 Å². The predicted molar refractivity (Wildman–Crippen MR) is 58.5 cm³/mol. The lowest BCUT2D eigenvalue weighted by molar-refractivity contribution is -0.116. The third-order valence-electron chi connectivity index (χ3n) is 1.68. The van der Waals surface area contributed by atoms with Crippen molar-refractivity contribution in [2.75, 3.05) is 12.3 Å². The molecule has 0 fully saturated rings. The van der Waals surface area contributed by atoms with Gasteiger partial charge in [-0.3, -0.25) is 4.79 Å². The number of hydrogen-bond acceptors (Lipinski definition) is 3. The molecular weight excluding hydrogens is 190 g/mol. The molecule has 0 saturated heterocycles. The van der Waals surface area contributed by atoms with Crippen LogP contribution in [0.15, 0.2) is 30.3 Å². The van der Waals surface area contributed by atoms with E-state index in [4.69, 9.17) is 11.0 Å². The van der Waals surface area contributed by atoms with Crippen LogP contribution >= 0.6 is 0 Å². The van der Waals surface area contributed by atoms with Crippen molar-refractivity contribution < 1.29 is 4.79 Å². The molecule has 1 aromatic rings. The number of carbonyl (C=O) groups is 1. The van der Waals surface area contributed by atoms with Crippen LogP contribution in [-0.2, 0) is 4.79 Å². The highest BCUT2D eigenvalue weighted by molar-refractivity contribution is 5.91. The maximum atomic E-state index is 11.1. The molecule has 0 heterocycles. The zero-order valence-electron chi connectivity index (χ0n) is 8.10. The van der Waals surface area contributed by atoms with Crippen molar-refractivity contribution in [3.8, 4) is 6.07 Å². The van der Waals surface area contributed by atoms with E-state index in [1.54, 1.807) is 18.2 Å². The van der Waals surface area contributed by atoms with Crippen LogP contribution in [0.3, 0.4) is 0 Å². The smallest absolute Gasteiger partial charge is 0.244 e. The van der Waals surface area contributed by atoms with E-state index in [-0.39, 0.29) is 12.5 Å². The van der Waals surface area contributed by atoms with Crippen molar-refractivity contribution >= 4 is 17.7 Å². The lowest BCUT2D eigenvalue weighted by atomic mass is 10.2. The van der Waals surface area contributed by atoms with Crippen molar-refractivity contribution in [3.05, 3.63) is 35.9 Å². The standard InChI is InChI=1S/C11H11N3O/c12-6-7-14-11(15)5-4-9-2-1-3-10(13)8-9/h1-5,8H,7,13H2,(H,14,15)/b5-4+. The average molecular weight is 201 g/mol. The first-order valence-corrected chi connectivity index (χ1v) is 4.41. The van der Waals surface area contributed by atoms with E-state index in [1.165, 1.54) is 6.08 Å². The van der Waals surface area contributed by atoms with E-state index in [0.717, 1.165) is 5.56 Å². The maximum absolute atomic E-state index is 11.1. The van der Waals surface area contributed by atoms with Crippen molar-refractivity contribution in [2.24, 2.45) is 0 Å². The van der Waals surface area contributed by atoms with Gasteiger partial charge in [0.2, 0.25) is 5.91 Å². The first-order chi connectivity index (χ1) is 7.22. The topological polar surface area (TPSA) is 78.9 Å². The molecule has 0 atom stereocenters. The minimum Gasteiger partial charge on any atom is -0.399 e. The van der Waals surface area contributed by atoms with Gasteiger partial charge in [-0.2, -0.15) is 5.26 Å². The van der Waals surface area contributed by atoms with Crippen LogP contribution < -0.4 is 11.1 Å². The lowest BCUT2D eigenvalue weighted by Crippen LogP contribution is -2.20. The Balaban J connectivity index is 2.58. The number of nitriles is 1. The summed E-state index contributed by atoms with van der Waals surface area (Å²) in [6.45, 7) is 0.0140. The van der Waals surface area contributed by atoms with E-state index in [1.807, 2.05) is 18.2 Å². The zero-order valence-corrected chi connectivity index (χ0v) is 8.10. The number of amides is 1. The molecule has 0 aliphatic heterocycles. The van der Waals surface area contributed by atoms with Gasteiger partial charge in [-0.25, -0.2) is 0 Å². The minimum absolute atomic E-state index is 0.0140. The van der Waals surface area contributed by atoms with Crippen molar-refractivity contribution in [2.45, 2.75) is 0 Å². The molecular formula is C11H11N3O. The monoisotopic (exact) mass is 201 g/mol. The average Bonchev–Trinajstić information content (AvgIpc) is 2.23. The molecule has 0 aliphatic rings. The Hall–Kier alpha value is -2.28. The quantitative estimate of drug-likeness (QED) is 0.433. The van der Waals surface area contributed by atoms with E-state index in [2.05, 4.69) is 5.32 Å². The van der Waals surface area contributed by atoms with Gasteiger partial charge in [0.15, 0.2) is 0 Å². The Labute approximate surface area is 88.0 Å². The highest BCUT2D eigenvalue weighted by Crippen LogP contribution is 2.07. The molecule has 0 spiro atoms. The third kappa shape index (κ3) is 3.96. The number of rotatable bonds is 3. The number of nitrogens with zero attached hydrogens (tertiary/aromatic N) is 1. The van der Waals surface area contributed by atoms with Crippen LogP contribution in [0.25, 0.3) is 6.08 Å². The van der Waals surface area contributed by atoms with Gasteiger partial charge in [-0.1, -0.05) is 12.1 Å². The molecule has 3 N–H and O–H groups in total. The van der Waals surface area contributed by atoms with Crippen molar-refractivity contribution in [1.29, 1.82) is 5.26 Å². The number of nitrogens with two attached hydrogens (primary N) is 1. The Morgan fingerprint density at radius 2 is 2.40 bits per heavy atom. The molecule has 1 rings (SSSR count).